The van der Waals surface area contributed by atoms with Crippen molar-refractivity contribution in [3.63, 3.8) is 0 Å². The summed E-state index contributed by atoms with van der Waals surface area (Å²) in [6.45, 7) is 6.55. The zero-order valence-electron chi connectivity index (χ0n) is 13.6. The first-order valence-electron chi connectivity index (χ1n) is 7.33. The normalized spacial score (nSPS) is 19.3. The van der Waals surface area contributed by atoms with Gasteiger partial charge in [-0.05, 0) is 52.0 Å². The fourth-order valence-corrected chi connectivity index (χ4v) is 2.66. The molecule has 0 radical (unpaired) electrons. The van der Waals surface area contributed by atoms with E-state index in [-0.39, 0.29) is 29.3 Å². The molecule has 0 N–H and O–H groups in total. The highest BCUT2D eigenvalue weighted by molar-refractivity contribution is 6.24. The molecule has 0 aromatic rings. The van der Waals surface area contributed by atoms with Crippen molar-refractivity contribution in [1.29, 1.82) is 0 Å². The minimum atomic E-state index is -1.44. The second kappa shape index (κ2) is 6.01. The van der Waals surface area contributed by atoms with E-state index in [0.717, 1.165) is 0 Å². The van der Waals surface area contributed by atoms with E-state index in [9.17, 15) is 19.2 Å². The van der Waals surface area contributed by atoms with Crippen LogP contribution in [0, 0.1) is 0 Å². The Balaban J connectivity index is 2.58. The van der Waals surface area contributed by atoms with Gasteiger partial charge < -0.3 is 4.74 Å². The van der Waals surface area contributed by atoms with E-state index in [2.05, 4.69) is 0 Å². The van der Waals surface area contributed by atoms with Crippen molar-refractivity contribution >= 4 is 23.1 Å². The Morgan fingerprint density at radius 1 is 0.783 bits per heavy atom. The monoisotopic (exact) mass is 314 g/mol. The van der Waals surface area contributed by atoms with Gasteiger partial charge in [0.2, 0.25) is 0 Å². The molecule has 0 aromatic heterocycles. The van der Waals surface area contributed by atoms with Crippen molar-refractivity contribution in [3.05, 3.63) is 46.6 Å². The summed E-state index contributed by atoms with van der Waals surface area (Å²) in [6.07, 6.45) is 4.84. The van der Waals surface area contributed by atoms with E-state index in [1.165, 1.54) is 31.2 Å². The zero-order valence-corrected chi connectivity index (χ0v) is 13.6. The molecule has 2 aliphatic carbocycles. The third-order valence-corrected chi connectivity index (χ3v) is 4.02. The molecule has 0 saturated heterocycles. The van der Waals surface area contributed by atoms with Gasteiger partial charge in [0, 0.05) is 28.9 Å². The molecule has 0 unspecified atom stereocenters. The topological polar surface area (TPSA) is 77.5 Å². The quantitative estimate of drug-likeness (QED) is 0.740. The van der Waals surface area contributed by atoms with Crippen LogP contribution in [0.15, 0.2) is 46.6 Å². The van der Waals surface area contributed by atoms with Crippen molar-refractivity contribution in [1.82, 2.24) is 0 Å². The van der Waals surface area contributed by atoms with E-state index in [4.69, 9.17) is 4.74 Å². The predicted molar refractivity (Wildman–Crippen MR) is 83.7 cm³/mol. The Kier molecular flexibility index (Phi) is 4.43. The van der Waals surface area contributed by atoms with Crippen LogP contribution in [-0.4, -0.2) is 35.3 Å². The van der Waals surface area contributed by atoms with Crippen molar-refractivity contribution in [2.45, 2.75) is 33.3 Å². The first-order chi connectivity index (χ1) is 10.7. The number of rotatable bonds is 4. The van der Waals surface area contributed by atoms with Crippen LogP contribution >= 0.6 is 0 Å². The third kappa shape index (κ3) is 2.92. The largest absolute Gasteiger partial charge is 0.366 e. The summed E-state index contributed by atoms with van der Waals surface area (Å²) in [7, 11) is 0. The molecule has 0 aliphatic heterocycles. The number of ether oxygens (including phenoxy) is 1. The van der Waals surface area contributed by atoms with Crippen LogP contribution in [0.3, 0.4) is 0 Å². The minimum Gasteiger partial charge on any atom is -0.366 e. The molecule has 0 atom stereocenters. The van der Waals surface area contributed by atoms with Gasteiger partial charge in [0.15, 0.2) is 23.1 Å². The van der Waals surface area contributed by atoms with Crippen LogP contribution in [0.1, 0.15) is 27.7 Å². The Morgan fingerprint density at radius 2 is 1.17 bits per heavy atom. The maximum atomic E-state index is 12.4. The van der Waals surface area contributed by atoms with Gasteiger partial charge in [-0.1, -0.05) is 0 Å². The Bertz CT molecular complexity index is 685. The van der Waals surface area contributed by atoms with Gasteiger partial charge in [-0.15, -0.1) is 0 Å². The van der Waals surface area contributed by atoms with Gasteiger partial charge in [0.1, 0.15) is 5.60 Å². The van der Waals surface area contributed by atoms with Crippen molar-refractivity contribution in [2.24, 2.45) is 0 Å². The SMILES string of the molecule is CCOC(C)(C1=CC(=O)C(C)=CC1=O)C1=CC(=O)C(C)=CC1=O. The maximum absolute atomic E-state index is 12.4. The summed E-state index contributed by atoms with van der Waals surface area (Å²) >= 11 is 0. The summed E-state index contributed by atoms with van der Waals surface area (Å²) in [5, 5.41) is 0. The van der Waals surface area contributed by atoms with Gasteiger partial charge in [-0.2, -0.15) is 0 Å². The Labute approximate surface area is 134 Å². The molecule has 0 saturated carbocycles. The lowest BCUT2D eigenvalue weighted by molar-refractivity contribution is -0.119. The summed E-state index contributed by atoms with van der Waals surface area (Å²) < 4.78 is 5.68. The Morgan fingerprint density at radius 3 is 1.52 bits per heavy atom. The Hall–Kier alpha value is -2.40. The molecular weight excluding hydrogens is 296 g/mol. The minimum absolute atomic E-state index is 0.0651. The molecule has 0 spiro atoms. The lowest BCUT2D eigenvalue weighted by Crippen LogP contribution is -2.42. The average molecular weight is 314 g/mol. The van der Waals surface area contributed by atoms with Crippen LogP contribution in [0.25, 0.3) is 0 Å². The summed E-state index contributed by atoms with van der Waals surface area (Å²) in [5.74, 6) is -1.42. The van der Waals surface area contributed by atoms with Crippen LogP contribution in [0.5, 0.6) is 0 Å². The van der Waals surface area contributed by atoms with Crippen LogP contribution < -0.4 is 0 Å². The first-order valence-corrected chi connectivity index (χ1v) is 7.33. The number of ketones is 4. The van der Waals surface area contributed by atoms with Gasteiger partial charge in [-0.25, -0.2) is 0 Å². The van der Waals surface area contributed by atoms with Gasteiger partial charge >= 0.3 is 0 Å². The molecule has 23 heavy (non-hydrogen) atoms. The van der Waals surface area contributed by atoms with Crippen LogP contribution in [0.2, 0.25) is 0 Å². The molecule has 5 heteroatoms. The molecule has 0 aromatic carbocycles. The zero-order chi connectivity index (χ0) is 17.4. The summed E-state index contributed by atoms with van der Waals surface area (Å²) in [4.78, 5) is 48.6. The second-order valence-corrected chi connectivity index (χ2v) is 5.69. The molecule has 0 heterocycles. The number of hydrogen-bond acceptors (Lipinski definition) is 5. The molecule has 2 rings (SSSR count). The fraction of sp³-hybridized carbons (Fsp3) is 0.333. The number of allylic oxidation sites excluding steroid dienone is 6. The predicted octanol–water partition coefficient (Wildman–Crippen LogP) is 1.83. The highest BCUT2D eigenvalue weighted by Crippen LogP contribution is 2.35. The second-order valence-electron chi connectivity index (χ2n) is 5.69. The lowest BCUT2D eigenvalue weighted by atomic mass is 9.77. The number of carbonyl (C=O) groups is 4. The molecular formula is C18H18O5. The molecule has 0 bridgehead atoms. The molecule has 0 amide bonds. The van der Waals surface area contributed by atoms with Gasteiger partial charge in [-0.3, -0.25) is 19.2 Å². The van der Waals surface area contributed by atoms with E-state index < -0.39 is 17.2 Å². The highest BCUT2D eigenvalue weighted by atomic mass is 16.5. The fourth-order valence-electron chi connectivity index (χ4n) is 2.66. The molecule has 0 fully saturated rings. The van der Waals surface area contributed by atoms with E-state index in [1.54, 1.807) is 20.8 Å². The summed E-state index contributed by atoms with van der Waals surface area (Å²) in [6, 6.07) is 0. The van der Waals surface area contributed by atoms with E-state index in [0.29, 0.717) is 11.1 Å². The van der Waals surface area contributed by atoms with Crippen molar-refractivity contribution in [2.75, 3.05) is 6.61 Å². The van der Waals surface area contributed by atoms with Crippen molar-refractivity contribution < 1.29 is 23.9 Å². The molecule has 2 aliphatic rings. The number of carbonyl (C=O) groups excluding carboxylic acids is 4. The third-order valence-electron chi connectivity index (χ3n) is 4.02. The standard InChI is InChI=1S/C18H18O5/c1-5-23-18(4,12-8-14(19)10(2)6-16(12)21)13-9-15(20)11(3)7-17(13)22/h6-9H,5H2,1-4H3. The molecule has 120 valence electrons. The average Bonchev–Trinajstić information content (AvgIpc) is 2.46. The number of hydrogen-bond donors (Lipinski definition) is 0. The highest BCUT2D eigenvalue weighted by Gasteiger charge is 2.43. The van der Waals surface area contributed by atoms with Gasteiger partial charge in [0.25, 0.3) is 0 Å². The maximum Gasteiger partial charge on any atom is 0.185 e. The first kappa shape index (κ1) is 17.0. The smallest absolute Gasteiger partial charge is 0.185 e. The van der Waals surface area contributed by atoms with E-state index in [1.807, 2.05) is 0 Å². The van der Waals surface area contributed by atoms with Crippen molar-refractivity contribution in [3.8, 4) is 0 Å². The summed E-state index contributed by atoms with van der Waals surface area (Å²) in [5.41, 5.74) is -0.657. The van der Waals surface area contributed by atoms with Crippen LogP contribution in [0.4, 0.5) is 0 Å². The molecule has 5 nitrogen and oxygen atoms in total. The van der Waals surface area contributed by atoms with Crippen LogP contribution in [-0.2, 0) is 23.9 Å². The van der Waals surface area contributed by atoms with Gasteiger partial charge in [0.05, 0.1) is 0 Å². The van der Waals surface area contributed by atoms with E-state index >= 15 is 0 Å². The lowest BCUT2D eigenvalue weighted by Gasteiger charge is -2.34.